The third kappa shape index (κ3) is 11.8. The second kappa shape index (κ2) is 16.5. The molecule has 2 atom stereocenters. The first-order chi connectivity index (χ1) is 17.2. The molecule has 194 valence electrons. The van der Waals surface area contributed by atoms with E-state index in [0.717, 1.165) is 0 Å². The van der Waals surface area contributed by atoms with Crippen molar-refractivity contribution in [2.45, 2.75) is 51.3 Å². The molecule has 0 heterocycles. The van der Waals surface area contributed by atoms with Gasteiger partial charge < -0.3 is 31.1 Å². The normalized spacial score (nSPS) is 11.7. The number of hydrogen-bond acceptors (Lipinski definition) is 7. The van der Waals surface area contributed by atoms with E-state index in [0.29, 0.717) is 11.3 Å². The standard InChI is InChI=1S/C25H32N4O7/c1-4-6-7-21(31)29-20(12-13-23(33)36-14-5-2)25(35)26-15-22(32)27-17(3)24(34)28-19-10-8-18(16-30)9-11-19/h1,5,8-11,17,20,30H,2,6-7,12-16H2,3H3,(H,26,35)(H,27,32)(H,28,34)(H,29,31)/t17-,20-/m0/s1. The van der Waals surface area contributed by atoms with Gasteiger partial charge in [0.1, 0.15) is 18.7 Å². The van der Waals surface area contributed by atoms with E-state index in [1.165, 1.54) is 13.0 Å². The lowest BCUT2D eigenvalue weighted by Gasteiger charge is -2.19. The quantitative estimate of drug-likeness (QED) is 0.130. The van der Waals surface area contributed by atoms with Crippen molar-refractivity contribution in [3.8, 4) is 12.3 Å². The Hall–Kier alpha value is -4.17. The van der Waals surface area contributed by atoms with Crippen molar-refractivity contribution >= 4 is 35.3 Å². The van der Waals surface area contributed by atoms with Gasteiger partial charge in [0.05, 0.1) is 13.2 Å². The van der Waals surface area contributed by atoms with Crippen LogP contribution < -0.4 is 21.3 Å². The van der Waals surface area contributed by atoms with Crippen molar-refractivity contribution in [3.05, 3.63) is 42.5 Å². The van der Waals surface area contributed by atoms with E-state index in [2.05, 4.69) is 33.8 Å². The Balaban J connectivity index is 2.59. The third-order valence-electron chi connectivity index (χ3n) is 4.75. The van der Waals surface area contributed by atoms with E-state index in [4.69, 9.17) is 16.3 Å². The Bertz CT molecular complexity index is 970. The van der Waals surface area contributed by atoms with Crippen LogP contribution >= 0.6 is 0 Å². The molecule has 4 amide bonds. The topological polar surface area (TPSA) is 163 Å². The van der Waals surface area contributed by atoms with Crippen molar-refractivity contribution < 1.29 is 33.8 Å². The molecule has 0 saturated carbocycles. The smallest absolute Gasteiger partial charge is 0.306 e. The van der Waals surface area contributed by atoms with Crippen LogP contribution in [0.3, 0.4) is 0 Å². The first-order valence-corrected chi connectivity index (χ1v) is 11.3. The molecule has 0 unspecified atom stereocenters. The maximum absolute atomic E-state index is 12.6. The lowest BCUT2D eigenvalue weighted by atomic mass is 10.1. The summed E-state index contributed by atoms with van der Waals surface area (Å²) >= 11 is 0. The molecule has 5 N–H and O–H groups in total. The van der Waals surface area contributed by atoms with Crippen LogP contribution in [0.4, 0.5) is 5.69 Å². The molecule has 0 bridgehead atoms. The zero-order chi connectivity index (χ0) is 26.9. The Kier molecular flexibility index (Phi) is 13.6. The van der Waals surface area contributed by atoms with Crippen LogP contribution in [0.25, 0.3) is 0 Å². The molecule has 0 aliphatic rings. The number of terminal acetylenes is 1. The number of esters is 1. The van der Waals surface area contributed by atoms with Gasteiger partial charge in [-0.1, -0.05) is 24.8 Å². The number of benzene rings is 1. The van der Waals surface area contributed by atoms with Gasteiger partial charge in [-0.15, -0.1) is 12.3 Å². The van der Waals surface area contributed by atoms with Crippen LogP contribution in [0.15, 0.2) is 36.9 Å². The summed E-state index contributed by atoms with van der Waals surface area (Å²) in [6, 6.07) is 4.52. The number of anilines is 1. The molecule has 0 aliphatic heterocycles. The van der Waals surface area contributed by atoms with Crippen LogP contribution in [0.1, 0.15) is 38.2 Å². The van der Waals surface area contributed by atoms with E-state index < -0.39 is 48.2 Å². The Morgan fingerprint density at radius 3 is 2.39 bits per heavy atom. The van der Waals surface area contributed by atoms with E-state index in [1.54, 1.807) is 24.3 Å². The number of nitrogens with one attached hydrogen (secondary N) is 4. The number of carbonyl (C=O) groups is 5. The summed E-state index contributed by atoms with van der Waals surface area (Å²) in [6.45, 7) is 4.35. The van der Waals surface area contributed by atoms with E-state index in [-0.39, 0.29) is 38.9 Å². The minimum atomic E-state index is -1.10. The minimum absolute atomic E-state index is 0.00295. The number of hydrogen-bond donors (Lipinski definition) is 5. The van der Waals surface area contributed by atoms with Crippen molar-refractivity contribution in [1.82, 2.24) is 16.0 Å². The Morgan fingerprint density at radius 2 is 1.78 bits per heavy atom. The Labute approximate surface area is 210 Å². The van der Waals surface area contributed by atoms with Gasteiger partial charge in [0.15, 0.2) is 0 Å². The van der Waals surface area contributed by atoms with Gasteiger partial charge >= 0.3 is 5.97 Å². The summed E-state index contributed by atoms with van der Waals surface area (Å²) in [5.41, 5.74) is 1.17. The minimum Gasteiger partial charge on any atom is -0.461 e. The summed E-state index contributed by atoms with van der Waals surface area (Å²) in [4.78, 5) is 60.9. The molecule has 0 aromatic heterocycles. The molecule has 0 radical (unpaired) electrons. The first kappa shape index (κ1) is 29.9. The highest BCUT2D eigenvalue weighted by atomic mass is 16.5. The van der Waals surface area contributed by atoms with Crippen LogP contribution in [-0.2, 0) is 35.3 Å². The molecule has 36 heavy (non-hydrogen) atoms. The van der Waals surface area contributed by atoms with Gasteiger partial charge in [0.25, 0.3) is 0 Å². The number of amides is 4. The SMILES string of the molecule is C#CCCC(=O)N[C@@H](CCC(=O)OCC=C)C(=O)NCC(=O)N[C@@H](C)C(=O)Nc1ccc(CO)cc1. The third-order valence-corrected chi connectivity index (χ3v) is 4.75. The van der Waals surface area contributed by atoms with Crippen LogP contribution in [-0.4, -0.2) is 59.9 Å². The number of aliphatic hydroxyl groups is 1. The molecule has 11 heteroatoms. The molecule has 0 saturated heterocycles. The monoisotopic (exact) mass is 500 g/mol. The second-order valence-corrected chi connectivity index (χ2v) is 7.69. The molecular weight excluding hydrogens is 468 g/mol. The average molecular weight is 501 g/mol. The largest absolute Gasteiger partial charge is 0.461 e. The molecule has 1 aromatic carbocycles. The van der Waals surface area contributed by atoms with Gasteiger partial charge in [0, 0.05) is 24.9 Å². The molecule has 0 aliphatic carbocycles. The zero-order valence-corrected chi connectivity index (χ0v) is 20.2. The number of rotatable bonds is 15. The second-order valence-electron chi connectivity index (χ2n) is 7.69. The molecule has 0 spiro atoms. The van der Waals surface area contributed by atoms with Gasteiger partial charge in [-0.25, -0.2) is 0 Å². The van der Waals surface area contributed by atoms with E-state index in [9.17, 15) is 24.0 Å². The average Bonchev–Trinajstić information content (AvgIpc) is 2.87. The summed E-state index contributed by atoms with van der Waals surface area (Å²) in [5, 5.41) is 19.0. The maximum atomic E-state index is 12.6. The zero-order valence-electron chi connectivity index (χ0n) is 20.2. The first-order valence-electron chi connectivity index (χ1n) is 11.3. The van der Waals surface area contributed by atoms with E-state index >= 15 is 0 Å². The number of ether oxygens (including phenoxy) is 1. The predicted octanol–water partition coefficient (Wildman–Crippen LogP) is 0.146. The van der Waals surface area contributed by atoms with Gasteiger partial charge in [-0.3, -0.25) is 24.0 Å². The maximum Gasteiger partial charge on any atom is 0.306 e. The lowest BCUT2D eigenvalue weighted by Crippen LogP contribution is -2.51. The Morgan fingerprint density at radius 1 is 1.08 bits per heavy atom. The highest BCUT2D eigenvalue weighted by Crippen LogP contribution is 2.10. The number of carbonyl (C=O) groups excluding carboxylic acids is 5. The van der Waals surface area contributed by atoms with Gasteiger partial charge in [0.2, 0.25) is 23.6 Å². The van der Waals surface area contributed by atoms with Crippen LogP contribution in [0.5, 0.6) is 0 Å². The van der Waals surface area contributed by atoms with Crippen LogP contribution in [0.2, 0.25) is 0 Å². The fourth-order valence-corrected chi connectivity index (χ4v) is 2.80. The lowest BCUT2D eigenvalue weighted by molar-refractivity contribution is -0.143. The summed E-state index contributed by atoms with van der Waals surface area (Å²) in [5.74, 6) is -0.532. The van der Waals surface area contributed by atoms with E-state index in [1.807, 2.05) is 0 Å². The molecule has 0 fully saturated rings. The van der Waals surface area contributed by atoms with Crippen molar-refractivity contribution in [3.63, 3.8) is 0 Å². The van der Waals surface area contributed by atoms with Crippen molar-refractivity contribution in [2.24, 2.45) is 0 Å². The number of aliphatic hydroxyl groups excluding tert-OH is 1. The fourth-order valence-electron chi connectivity index (χ4n) is 2.80. The molecule has 11 nitrogen and oxygen atoms in total. The van der Waals surface area contributed by atoms with Crippen molar-refractivity contribution in [2.75, 3.05) is 18.5 Å². The summed E-state index contributed by atoms with van der Waals surface area (Å²) < 4.78 is 4.87. The molecular formula is C25H32N4O7. The highest BCUT2D eigenvalue weighted by molar-refractivity contribution is 5.97. The fraction of sp³-hybridized carbons (Fsp3) is 0.400. The highest BCUT2D eigenvalue weighted by Gasteiger charge is 2.23. The van der Waals surface area contributed by atoms with Gasteiger partial charge in [-0.05, 0) is 31.0 Å². The summed E-state index contributed by atoms with van der Waals surface area (Å²) in [6.07, 6.45) is 6.52. The molecule has 1 aromatic rings. The predicted molar refractivity (Wildman–Crippen MR) is 132 cm³/mol. The van der Waals surface area contributed by atoms with Gasteiger partial charge in [-0.2, -0.15) is 0 Å². The molecule has 1 rings (SSSR count). The van der Waals surface area contributed by atoms with Crippen molar-refractivity contribution in [1.29, 1.82) is 0 Å². The van der Waals surface area contributed by atoms with Crippen LogP contribution in [0, 0.1) is 12.3 Å². The summed E-state index contributed by atoms with van der Waals surface area (Å²) in [7, 11) is 0.